The van der Waals surface area contributed by atoms with Crippen LogP contribution in [0, 0.1) is 0 Å². The van der Waals surface area contributed by atoms with Crippen LogP contribution in [-0.2, 0) is 0 Å². The van der Waals surface area contributed by atoms with Crippen LogP contribution in [0.2, 0.25) is 0 Å². The minimum absolute atomic E-state index is 0.281. The van der Waals surface area contributed by atoms with Gasteiger partial charge in [0.2, 0.25) is 0 Å². The molecule has 1 unspecified atom stereocenters. The number of aromatic nitrogens is 3. The van der Waals surface area contributed by atoms with E-state index in [2.05, 4.69) is 31.4 Å². The average molecular weight is 308 g/mol. The molecule has 1 atom stereocenters. The summed E-state index contributed by atoms with van der Waals surface area (Å²) in [4.78, 5) is 4.09. The highest BCUT2D eigenvalue weighted by Gasteiger charge is 2.22. The molecule has 0 aliphatic heterocycles. The molecule has 0 saturated carbocycles. The maximum absolute atomic E-state index is 5.63. The molecule has 0 saturated heterocycles. The summed E-state index contributed by atoms with van der Waals surface area (Å²) in [6.45, 7) is 0. The quantitative estimate of drug-likeness (QED) is 0.568. The number of hydrogen-bond donors (Lipinski definition) is 2. The lowest BCUT2D eigenvalue weighted by atomic mass is 10.1. The summed E-state index contributed by atoms with van der Waals surface area (Å²) in [6, 6.07) is 1.54. The van der Waals surface area contributed by atoms with Crippen molar-refractivity contribution in [3.8, 4) is 0 Å². The highest BCUT2D eigenvalue weighted by atomic mass is 79.9. The first-order chi connectivity index (χ1) is 8.81. The summed E-state index contributed by atoms with van der Waals surface area (Å²) in [6.07, 6.45) is 8.55. The Hall–Kier alpha value is -1.70. The summed E-state index contributed by atoms with van der Waals surface area (Å²) in [7, 11) is 0. The Morgan fingerprint density at radius 1 is 1.44 bits per heavy atom. The minimum atomic E-state index is -0.281. The zero-order chi connectivity index (χ0) is 12.5. The van der Waals surface area contributed by atoms with Crippen molar-refractivity contribution >= 4 is 21.4 Å². The van der Waals surface area contributed by atoms with Crippen LogP contribution in [0.3, 0.4) is 0 Å². The van der Waals surface area contributed by atoms with Crippen molar-refractivity contribution in [1.82, 2.24) is 20.0 Å². The van der Waals surface area contributed by atoms with E-state index in [1.165, 1.54) is 0 Å². The third kappa shape index (κ3) is 1.72. The molecule has 0 aliphatic rings. The van der Waals surface area contributed by atoms with Crippen molar-refractivity contribution in [2.45, 2.75) is 6.04 Å². The molecule has 0 fully saturated rings. The van der Waals surface area contributed by atoms with E-state index in [9.17, 15) is 0 Å². The van der Waals surface area contributed by atoms with E-state index in [0.29, 0.717) is 5.76 Å². The Bertz CT molecular complexity index is 677. The lowest BCUT2D eigenvalue weighted by Gasteiger charge is -2.12. The maximum atomic E-state index is 5.63. The van der Waals surface area contributed by atoms with Gasteiger partial charge in [-0.05, 0) is 22.0 Å². The van der Waals surface area contributed by atoms with Gasteiger partial charge in [0.1, 0.15) is 11.8 Å². The van der Waals surface area contributed by atoms with Gasteiger partial charge in [0.15, 0.2) is 0 Å². The molecule has 18 heavy (non-hydrogen) atoms. The Kier molecular flexibility index (Phi) is 2.86. The molecule has 7 heteroatoms. The van der Waals surface area contributed by atoms with Crippen LogP contribution in [0.4, 0.5) is 0 Å². The van der Waals surface area contributed by atoms with Crippen molar-refractivity contribution in [1.29, 1.82) is 0 Å². The maximum Gasteiger partial charge on any atom is 0.140 e. The van der Waals surface area contributed by atoms with Crippen LogP contribution < -0.4 is 11.3 Å². The van der Waals surface area contributed by atoms with Gasteiger partial charge < -0.3 is 4.42 Å². The second kappa shape index (κ2) is 4.52. The fourth-order valence-electron chi connectivity index (χ4n) is 1.89. The van der Waals surface area contributed by atoms with E-state index in [1.54, 1.807) is 35.6 Å². The van der Waals surface area contributed by atoms with Gasteiger partial charge in [-0.2, -0.15) is 5.10 Å². The van der Waals surface area contributed by atoms with E-state index in [1.807, 2.05) is 6.07 Å². The Balaban J connectivity index is 2.15. The van der Waals surface area contributed by atoms with E-state index in [4.69, 9.17) is 10.3 Å². The number of nitrogens with zero attached hydrogens (tertiary/aromatic N) is 3. The first-order valence-corrected chi connectivity index (χ1v) is 6.07. The van der Waals surface area contributed by atoms with Crippen molar-refractivity contribution in [3.63, 3.8) is 0 Å². The molecule has 3 aromatic rings. The highest BCUT2D eigenvalue weighted by molar-refractivity contribution is 9.10. The molecule has 3 aromatic heterocycles. The number of furan rings is 1. The lowest BCUT2D eigenvalue weighted by Crippen LogP contribution is -2.28. The van der Waals surface area contributed by atoms with Crippen molar-refractivity contribution in [2.24, 2.45) is 5.84 Å². The van der Waals surface area contributed by atoms with Crippen LogP contribution >= 0.6 is 15.9 Å². The summed E-state index contributed by atoms with van der Waals surface area (Å²) in [5, 5.41) is 4.25. The second-order valence-corrected chi connectivity index (χ2v) is 4.59. The molecule has 3 rings (SSSR count). The Morgan fingerprint density at radius 3 is 3.06 bits per heavy atom. The topological polar surface area (TPSA) is 81.4 Å². The molecule has 0 bridgehead atoms. The van der Waals surface area contributed by atoms with E-state index in [0.717, 1.165) is 15.6 Å². The molecule has 0 spiro atoms. The zero-order valence-electron chi connectivity index (χ0n) is 9.25. The van der Waals surface area contributed by atoms with Gasteiger partial charge >= 0.3 is 0 Å². The van der Waals surface area contributed by atoms with E-state index in [-0.39, 0.29) is 6.04 Å². The number of fused-ring (bicyclic) bond motifs is 1. The molecule has 3 N–H and O–H groups in total. The number of halogens is 1. The van der Waals surface area contributed by atoms with Crippen LogP contribution in [-0.4, -0.2) is 14.6 Å². The fraction of sp³-hybridized carbons (Fsp3) is 0.0909. The smallest absolute Gasteiger partial charge is 0.140 e. The molecule has 0 aliphatic carbocycles. The number of hydrazine groups is 1. The summed E-state index contributed by atoms with van der Waals surface area (Å²) < 4.78 is 8.04. The molecule has 0 amide bonds. The number of nitrogens with two attached hydrogens (primary N) is 1. The van der Waals surface area contributed by atoms with E-state index < -0.39 is 0 Å². The molecule has 0 radical (unpaired) electrons. The highest BCUT2D eigenvalue weighted by Crippen LogP contribution is 2.30. The first kappa shape index (κ1) is 11.4. The predicted molar refractivity (Wildman–Crippen MR) is 68.6 cm³/mol. The molecular weight excluding hydrogens is 298 g/mol. The largest absolute Gasteiger partial charge is 0.466 e. The van der Waals surface area contributed by atoms with Gasteiger partial charge in [0.05, 0.1) is 28.6 Å². The first-order valence-electron chi connectivity index (χ1n) is 5.27. The second-order valence-electron chi connectivity index (χ2n) is 3.74. The lowest BCUT2D eigenvalue weighted by molar-refractivity contribution is 0.451. The van der Waals surface area contributed by atoms with Gasteiger partial charge in [-0.3, -0.25) is 10.8 Å². The predicted octanol–water partition coefficient (Wildman–Crippen LogP) is 1.64. The SMILES string of the molecule is NNC(c1occc1Br)c1cnn2ccncc12. The van der Waals surface area contributed by atoms with E-state index >= 15 is 0 Å². The minimum Gasteiger partial charge on any atom is -0.466 e. The number of nitrogens with one attached hydrogen (secondary N) is 1. The average Bonchev–Trinajstić information content (AvgIpc) is 2.99. The van der Waals surface area contributed by atoms with Crippen molar-refractivity contribution in [2.75, 3.05) is 0 Å². The standard InChI is InChI=1S/C11H10BrN5O/c12-8-1-4-18-11(8)10(16-13)7-5-15-17-3-2-14-6-9(7)17/h1-6,10,16H,13H2. The van der Waals surface area contributed by atoms with Crippen LogP contribution in [0.15, 0.2) is 46.0 Å². The monoisotopic (exact) mass is 307 g/mol. The number of hydrogen-bond acceptors (Lipinski definition) is 5. The van der Waals surface area contributed by atoms with Gasteiger partial charge in [0.25, 0.3) is 0 Å². The molecular formula is C11H10BrN5O. The zero-order valence-corrected chi connectivity index (χ0v) is 10.8. The van der Waals surface area contributed by atoms with Gasteiger partial charge in [-0.15, -0.1) is 0 Å². The molecule has 6 nitrogen and oxygen atoms in total. The molecule has 3 heterocycles. The van der Waals surface area contributed by atoms with Crippen molar-refractivity contribution in [3.05, 3.63) is 52.9 Å². The molecule has 0 aromatic carbocycles. The Labute approximate surface area is 111 Å². The fourth-order valence-corrected chi connectivity index (χ4v) is 2.32. The third-order valence-electron chi connectivity index (χ3n) is 2.74. The normalized spacial score (nSPS) is 13.0. The van der Waals surface area contributed by atoms with Gasteiger partial charge in [-0.25, -0.2) is 9.94 Å². The summed E-state index contributed by atoms with van der Waals surface area (Å²) in [5.74, 6) is 6.33. The van der Waals surface area contributed by atoms with Crippen LogP contribution in [0.5, 0.6) is 0 Å². The summed E-state index contributed by atoms with van der Waals surface area (Å²) in [5.41, 5.74) is 4.52. The van der Waals surface area contributed by atoms with Crippen LogP contribution in [0.25, 0.3) is 5.52 Å². The van der Waals surface area contributed by atoms with Gasteiger partial charge in [0, 0.05) is 18.0 Å². The van der Waals surface area contributed by atoms with Crippen LogP contribution in [0.1, 0.15) is 17.4 Å². The summed E-state index contributed by atoms with van der Waals surface area (Å²) >= 11 is 3.43. The number of rotatable bonds is 3. The Morgan fingerprint density at radius 2 is 2.33 bits per heavy atom. The molecule has 92 valence electrons. The third-order valence-corrected chi connectivity index (χ3v) is 3.39. The van der Waals surface area contributed by atoms with Gasteiger partial charge in [-0.1, -0.05) is 0 Å². The van der Waals surface area contributed by atoms with Crippen molar-refractivity contribution < 1.29 is 4.42 Å².